The fourth-order valence-electron chi connectivity index (χ4n) is 1.64. The van der Waals surface area contributed by atoms with Crippen molar-refractivity contribution in [3.05, 3.63) is 30.1 Å². The summed E-state index contributed by atoms with van der Waals surface area (Å²) < 4.78 is 26.4. The van der Waals surface area contributed by atoms with Gasteiger partial charge in [0.2, 0.25) is 10.0 Å². The number of aromatic nitrogens is 1. The predicted molar refractivity (Wildman–Crippen MR) is 77.2 cm³/mol. The van der Waals surface area contributed by atoms with Crippen LogP contribution in [0.3, 0.4) is 0 Å². The zero-order chi connectivity index (χ0) is 14.4. The van der Waals surface area contributed by atoms with Gasteiger partial charge in [-0.1, -0.05) is 19.9 Å². The van der Waals surface area contributed by atoms with Crippen molar-refractivity contribution in [2.24, 2.45) is 11.1 Å². The van der Waals surface area contributed by atoms with Crippen LogP contribution in [0.1, 0.15) is 26.0 Å². The van der Waals surface area contributed by atoms with Crippen LogP contribution < -0.4 is 10.5 Å². The van der Waals surface area contributed by atoms with Crippen molar-refractivity contribution in [2.45, 2.75) is 26.7 Å². The quantitative estimate of drug-likeness (QED) is 0.743. The topological polar surface area (TPSA) is 85.1 Å². The van der Waals surface area contributed by atoms with Gasteiger partial charge in [-0.15, -0.1) is 0 Å². The molecule has 0 aliphatic rings. The van der Waals surface area contributed by atoms with Gasteiger partial charge in [-0.2, -0.15) is 0 Å². The second-order valence-corrected chi connectivity index (χ2v) is 7.34. The van der Waals surface area contributed by atoms with E-state index in [9.17, 15) is 8.42 Å². The van der Waals surface area contributed by atoms with Crippen LogP contribution in [0.15, 0.2) is 24.4 Å². The Kier molecular flexibility index (Phi) is 5.90. The van der Waals surface area contributed by atoms with Gasteiger partial charge < -0.3 is 5.73 Å². The molecule has 0 aliphatic heterocycles. The second kappa shape index (κ2) is 6.98. The number of rotatable bonds is 8. The van der Waals surface area contributed by atoms with Crippen molar-refractivity contribution in [3.63, 3.8) is 0 Å². The first-order valence-electron chi connectivity index (χ1n) is 6.42. The Morgan fingerprint density at radius 1 is 1.37 bits per heavy atom. The molecule has 0 atom stereocenters. The molecule has 3 N–H and O–H groups in total. The molecule has 0 fully saturated rings. The van der Waals surface area contributed by atoms with Gasteiger partial charge in [0.05, 0.1) is 5.75 Å². The number of aryl methyl sites for hydroxylation is 1. The minimum atomic E-state index is -3.26. The van der Waals surface area contributed by atoms with E-state index in [1.807, 2.05) is 32.0 Å². The molecule has 19 heavy (non-hydrogen) atoms. The summed E-state index contributed by atoms with van der Waals surface area (Å²) in [6.07, 6.45) is 2.88. The summed E-state index contributed by atoms with van der Waals surface area (Å²) in [5.41, 5.74) is 6.17. The molecule has 0 unspecified atom stereocenters. The molecule has 0 saturated heterocycles. The highest BCUT2D eigenvalue weighted by atomic mass is 32.2. The monoisotopic (exact) mass is 285 g/mol. The Hall–Kier alpha value is -0.980. The summed E-state index contributed by atoms with van der Waals surface area (Å²) in [4.78, 5) is 4.11. The van der Waals surface area contributed by atoms with Crippen LogP contribution in [0.4, 0.5) is 0 Å². The van der Waals surface area contributed by atoms with Crippen molar-refractivity contribution in [1.29, 1.82) is 0 Å². The average Bonchev–Trinajstić information content (AvgIpc) is 2.36. The number of nitrogens with zero attached hydrogens (tertiary/aromatic N) is 1. The summed E-state index contributed by atoms with van der Waals surface area (Å²) >= 11 is 0. The molecule has 6 heteroatoms. The Bertz CT molecular complexity index is 472. The lowest BCUT2D eigenvalue weighted by molar-refractivity contribution is 0.340. The maximum atomic E-state index is 11.9. The summed E-state index contributed by atoms with van der Waals surface area (Å²) in [7, 11) is -3.26. The van der Waals surface area contributed by atoms with Gasteiger partial charge in [0, 0.05) is 24.9 Å². The van der Waals surface area contributed by atoms with Gasteiger partial charge in [-0.05, 0) is 30.5 Å². The minimum absolute atomic E-state index is 0.0583. The molecule has 0 aliphatic carbocycles. The van der Waals surface area contributed by atoms with E-state index in [1.165, 1.54) is 0 Å². The van der Waals surface area contributed by atoms with Crippen molar-refractivity contribution in [2.75, 3.05) is 18.8 Å². The van der Waals surface area contributed by atoms with E-state index < -0.39 is 10.0 Å². The first-order chi connectivity index (χ1) is 8.85. The van der Waals surface area contributed by atoms with E-state index in [4.69, 9.17) is 5.73 Å². The number of sulfonamides is 1. The summed E-state index contributed by atoms with van der Waals surface area (Å²) in [6.45, 7) is 4.97. The Balaban J connectivity index is 2.44. The van der Waals surface area contributed by atoms with Gasteiger partial charge >= 0.3 is 0 Å². The third kappa shape index (κ3) is 6.66. The summed E-state index contributed by atoms with van der Waals surface area (Å²) in [5.74, 6) is 0.0583. The lowest BCUT2D eigenvalue weighted by atomic mass is 9.90. The maximum Gasteiger partial charge on any atom is 0.211 e. The van der Waals surface area contributed by atoms with Crippen LogP contribution in [-0.4, -0.2) is 32.2 Å². The zero-order valence-electron chi connectivity index (χ0n) is 11.6. The van der Waals surface area contributed by atoms with E-state index >= 15 is 0 Å². The standard InChI is InChI=1S/C13H23N3O2S/c1-13(2,7-8-14)11-16-19(17,18)10-6-12-5-3-4-9-15-12/h3-5,9,16H,6-8,10-11,14H2,1-2H3. The number of nitrogens with one attached hydrogen (secondary N) is 1. The second-order valence-electron chi connectivity index (χ2n) is 5.41. The number of pyridine rings is 1. The van der Waals surface area contributed by atoms with Gasteiger partial charge in [0.15, 0.2) is 0 Å². The molecule has 0 bridgehead atoms. The molecule has 0 radical (unpaired) electrons. The third-order valence-corrected chi connectivity index (χ3v) is 4.27. The highest BCUT2D eigenvalue weighted by Crippen LogP contribution is 2.18. The fraction of sp³-hybridized carbons (Fsp3) is 0.615. The van der Waals surface area contributed by atoms with Crippen LogP contribution in [0.5, 0.6) is 0 Å². The predicted octanol–water partition coefficient (Wildman–Crippen LogP) is 0.919. The smallest absolute Gasteiger partial charge is 0.211 e. The van der Waals surface area contributed by atoms with Crippen molar-refractivity contribution < 1.29 is 8.42 Å². The van der Waals surface area contributed by atoms with E-state index in [0.717, 1.165) is 12.1 Å². The van der Waals surface area contributed by atoms with Crippen molar-refractivity contribution in [3.8, 4) is 0 Å². The highest BCUT2D eigenvalue weighted by molar-refractivity contribution is 7.89. The lowest BCUT2D eigenvalue weighted by Gasteiger charge is -2.24. The van der Waals surface area contributed by atoms with Crippen LogP contribution in [-0.2, 0) is 16.4 Å². The van der Waals surface area contributed by atoms with Crippen molar-refractivity contribution in [1.82, 2.24) is 9.71 Å². The molecule has 1 aromatic rings. The molecule has 1 heterocycles. The van der Waals surface area contributed by atoms with Gasteiger partial charge in [0.1, 0.15) is 0 Å². The van der Waals surface area contributed by atoms with Gasteiger partial charge in [-0.3, -0.25) is 4.98 Å². The van der Waals surface area contributed by atoms with Crippen molar-refractivity contribution >= 4 is 10.0 Å². The molecule has 0 saturated carbocycles. The average molecular weight is 285 g/mol. The zero-order valence-corrected chi connectivity index (χ0v) is 12.4. The molecule has 5 nitrogen and oxygen atoms in total. The first kappa shape index (κ1) is 16.1. The van der Waals surface area contributed by atoms with E-state index in [2.05, 4.69) is 9.71 Å². The molecule has 108 valence electrons. The largest absolute Gasteiger partial charge is 0.330 e. The van der Waals surface area contributed by atoms with Gasteiger partial charge in [0.25, 0.3) is 0 Å². The number of hydrogen-bond acceptors (Lipinski definition) is 4. The minimum Gasteiger partial charge on any atom is -0.330 e. The van der Waals surface area contributed by atoms with E-state index in [0.29, 0.717) is 19.5 Å². The summed E-state index contributed by atoms with van der Waals surface area (Å²) in [6, 6.07) is 5.49. The Morgan fingerprint density at radius 2 is 2.11 bits per heavy atom. The lowest BCUT2D eigenvalue weighted by Crippen LogP contribution is -2.36. The highest BCUT2D eigenvalue weighted by Gasteiger charge is 2.20. The molecule has 1 rings (SSSR count). The molecular weight excluding hydrogens is 262 g/mol. The Morgan fingerprint density at radius 3 is 2.68 bits per heavy atom. The van der Waals surface area contributed by atoms with E-state index in [1.54, 1.807) is 6.20 Å². The third-order valence-electron chi connectivity index (χ3n) is 2.94. The van der Waals surface area contributed by atoms with Crippen LogP contribution in [0.25, 0.3) is 0 Å². The maximum absolute atomic E-state index is 11.9. The van der Waals surface area contributed by atoms with Gasteiger partial charge in [-0.25, -0.2) is 13.1 Å². The number of hydrogen-bond donors (Lipinski definition) is 2. The molecule has 0 aromatic carbocycles. The van der Waals surface area contributed by atoms with Crippen LogP contribution in [0.2, 0.25) is 0 Å². The fourth-order valence-corrected chi connectivity index (χ4v) is 2.87. The molecule has 1 aromatic heterocycles. The SMILES string of the molecule is CC(C)(CCN)CNS(=O)(=O)CCc1ccccn1. The Labute approximate surface area is 115 Å². The van der Waals surface area contributed by atoms with Crippen LogP contribution in [0, 0.1) is 5.41 Å². The first-order valence-corrected chi connectivity index (χ1v) is 8.07. The molecule has 0 spiro atoms. The van der Waals surface area contributed by atoms with E-state index in [-0.39, 0.29) is 11.2 Å². The van der Waals surface area contributed by atoms with Crippen LogP contribution >= 0.6 is 0 Å². The normalized spacial score (nSPS) is 12.6. The molecular formula is C13H23N3O2S. The summed E-state index contributed by atoms with van der Waals surface area (Å²) in [5, 5.41) is 0. The molecule has 0 amide bonds. The number of nitrogens with two attached hydrogens (primary N) is 1.